The molecule has 2 heteroatoms. The van der Waals surface area contributed by atoms with E-state index in [1.807, 2.05) is 31.2 Å². The van der Waals surface area contributed by atoms with Crippen LogP contribution in [-0.4, -0.2) is 5.78 Å². The van der Waals surface area contributed by atoms with Crippen molar-refractivity contribution in [2.75, 3.05) is 0 Å². The molecule has 0 N–H and O–H groups in total. The lowest BCUT2D eigenvalue weighted by Crippen LogP contribution is -2.03. The highest BCUT2D eigenvalue weighted by atomic mass is 19.1. The second-order valence-corrected chi connectivity index (χ2v) is 4.39. The Morgan fingerprint density at radius 3 is 2.39 bits per heavy atom. The van der Waals surface area contributed by atoms with Gasteiger partial charge in [0.25, 0.3) is 0 Å². The van der Waals surface area contributed by atoms with E-state index in [1.165, 1.54) is 17.7 Å². The lowest BCUT2D eigenvalue weighted by Gasteiger charge is -2.03. The van der Waals surface area contributed by atoms with Crippen molar-refractivity contribution in [3.63, 3.8) is 0 Å². The van der Waals surface area contributed by atoms with E-state index in [9.17, 15) is 9.18 Å². The van der Waals surface area contributed by atoms with Crippen LogP contribution in [0.3, 0.4) is 0 Å². The van der Waals surface area contributed by atoms with Crippen molar-refractivity contribution in [2.24, 2.45) is 0 Å². The third-order valence-corrected chi connectivity index (χ3v) is 2.94. The number of rotatable bonds is 4. The number of carbonyl (C=O) groups is 1. The summed E-state index contributed by atoms with van der Waals surface area (Å²) in [6.45, 7) is 2.02. The average molecular weight is 242 g/mol. The predicted molar refractivity (Wildman–Crippen MR) is 70.2 cm³/mol. The van der Waals surface area contributed by atoms with Gasteiger partial charge in [-0.1, -0.05) is 42.0 Å². The first kappa shape index (κ1) is 12.5. The highest BCUT2D eigenvalue weighted by Crippen LogP contribution is 2.12. The summed E-state index contributed by atoms with van der Waals surface area (Å²) < 4.78 is 13.4. The Morgan fingerprint density at radius 2 is 1.72 bits per heavy atom. The molecular formula is C16H15FO. The van der Waals surface area contributed by atoms with Gasteiger partial charge in [-0.05, 0) is 31.0 Å². The van der Waals surface area contributed by atoms with Crippen molar-refractivity contribution >= 4 is 5.78 Å². The number of benzene rings is 2. The number of ketones is 1. The number of hydrogen-bond donors (Lipinski definition) is 0. The quantitative estimate of drug-likeness (QED) is 0.742. The minimum Gasteiger partial charge on any atom is -0.294 e. The van der Waals surface area contributed by atoms with Crippen LogP contribution in [0.15, 0.2) is 48.5 Å². The lowest BCUT2D eigenvalue weighted by atomic mass is 10.0. The van der Waals surface area contributed by atoms with Crippen LogP contribution in [0.4, 0.5) is 4.39 Å². The molecule has 0 aromatic heterocycles. The molecule has 18 heavy (non-hydrogen) atoms. The molecule has 0 atom stereocenters. The molecular weight excluding hydrogens is 227 g/mol. The van der Waals surface area contributed by atoms with E-state index in [0.717, 1.165) is 5.56 Å². The van der Waals surface area contributed by atoms with Crippen molar-refractivity contribution in [3.8, 4) is 0 Å². The Kier molecular flexibility index (Phi) is 3.88. The van der Waals surface area contributed by atoms with Crippen LogP contribution in [0.1, 0.15) is 27.9 Å². The Labute approximate surface area is 106 Å². The second-order valence-electron chi connectivity index (χ2n) is 4.39. The summed E-state index contributed by atoms with van der Waals surface area (Å²) in [6, 6.07) is 14.2. The highest BCUT2D eigenvalue weighted by Gasteiger charge is 2.10. The number of halogens is 1. The van der Waals surface area contributed by atoms with Gasteiger partial charge in [-0.2, -0.15) is 0 Å². The number of Topliss-reactive ketones (excluding diaryl/α,β-unsaturated/α-hetero) is 1. The Balaban J connectivity index is 2.01. The van der Waals surface area contributed by atoms with Crippen molar-refractivity contribution < 1.29 is 9.18 Å². The molecule has 0 saturated heterocycles. The molecule has 0 unspecified atom stereocenters. The van der Waals surface area contributed by atoms with Gasteiger partial charge in [0, 0.05) is 6.42 Å². The third-order valence-electron chi connectivity index (χ3n) is 2.94. The normalized spacial score (nSPS) is 10.3. The standard InChI is InChI=1S/C16H15FO/c1-12-6-8-13(9-7-12)10-11-16(18)14-4-2-3-5-15(14)17/h2-9H,10-11H2,1H3. The van der Waals surface area contributed by atoms with E-state index in [-0.39, 0.29) is 11.3 Å². The molecule has 92 valence electrons. The van der Waals surface area contributed by atoms with E-state index in [4.69, 9.17) is 0 Å². The molecule has 1 nitrogen and oxygen atoms in total. The van der Waals surface area contributed by atoms with Gasteiger partial charge >= 0.3 is 0 Å². The van der Waals surface area contributed by atoms with Crippen LogP contribution in [0, 0.1) is 12.7 Å². The maximum atomic E-state index is 13.4. The van der Waals surface area contributed by atoms with E-state index < -0.39 is 5.82 Å². The monoisotopic (exact) mass is 242 g/mol. The summed E-state index contributed by atoms with van der Waals surface area (Å²) >= 11 is 0. The van der Waals surface area contributed by atoms with Crippen molar-refractivity contribution in [1.82, 2.24) is 0 Å². The van der Waals surface area contributed by atoms with Crippen LogP contribution in [-0.2, 0) is 6.42 Å². The van der Waals surface area contributed by atoms with Gasteiger partial charge in [0.05, 0.1) is 5.56 Å². The first-order valence-corrected chi connectivity index (χ1v) is 6.00. The van der Waals surface area contributed by atoms with Crippen molar-refractivity contribution in [2.45, 2.75) is 19.8 Å². The molecule has 0 saturated carbocycles. The minimum absolute atomic E-state index is 0.145. The Morgan fingerprint density at radius 1 is 1.06 bits per heavy atom. The lowest BCUT2D eigenvalue weighted by molar-refractivity contribution is 0.0979. The summed E-state index contributed by atoms with van der Waals surface area (Å²) in [6.07, 6.45) is 0.984. The van der Waals surface area contributed by atoms with Crippen molar-refractivity contribution in [3.05, 3.63) is 71.0 Å². The number of aryl methyl sites for hydroxylation is 2. The van der Waals surface area contributed by atoms with E-state index in [0.29, 0.717) is 12.8 Å². The van der Waals surface area contributed by atoms with Crippen LogP contribution in [0.25, 0.3) is 0 Å². The molecule has 0 amide bonds. The van der Waals surface area contributed by atoms with Gasteiger partial charge in [0.2, 0.25) is 0 Å². The molecule has 0 heterocycles. The number of carbonyl (C=O) groups excluding carboxylic acids is 1. The zero-order chi connectivity index (χ0) is 13.0. The summed E-state index contributed by atoms with van der Waals surface area (Å²) in [7, 11) is 0. The van der Waals surface area contributed by atoms with Gasteiger partial charge in [0.15, 0.2) is 5.78 Å². The van der Waals surface area contributed by atoms with Gasteiger partial charge in [-0.15, -0.1) is 0 Å². The molecule has 0 radical (unpaired) electrons. The third kappa shape index (κ3) is 3.04. The largest absolute Gasteiger partial charge is 0.294 e. The molecule has 0 bridgehead atoms. The van der Waals surface area contributed by atoms with Gasteiger partial charge < -0.3 is 0 Å². The molecule has 0 aliphatic carbocycles. The van der Waals surface area contributed by atoms with Crippen LogP contribution < -0.4 is 0 Å². The Hall–Kier alpha value is -1.96. The fourth-order valence-corrected chi connectivity index (χ4v) is 1.83. The fourth-order valence-electron chi connectivity index (χ4n) is 1.83. The molecule has 0 aliphatic heterocycles. The van der Waals surface area contributed by atoms with E-state index in [2.05, 4.69) is 0 Å². The maximum absolute atomic E-state index is 13.4. The summed E-state index contributed by atoms with van der Waals surface area (Å²) in [5, 5.41) is 0. The topological polar surface area (TPSA) is 17.1 Å². The fraction of sp³-hybridized carbons (Fsp3) is 0.188. The van der Waals surface area contributed by atoms with E-state index in [1.54, 1.807) is 12.1 Å². The molecule has 2 rings (SSSR count). The smallest absolute Gasteiger partial charge is 0.166 e. The molecule has 2 aromatic carbocycles. The van der Waals surface area contributed by atoms with Gasteiger partial charge in [-0.3, -0.25) is 4.79 Å². The summed E-state index contributed by atoms with van der Waals surface area (Å²) in [5.74, 6) is -0.583. The predicted octanol–water partition coefficient (Wildman–Crippen LogP) is 3.95. The molecule has 0 aliphatic rings. The summed E-state index contributed by atoms with van der Waals surface area (Å²) in [5.41, 5.74) is 2.48. The average Bonchev–Trinajstić information content (AvgIpc) is 2.38. The SMILES string of the molecule is Cc1ccc(CCC(=O)c2ccccc2F)cc1. The van der Waals surface area contributed by atoms with Gasteiger partial charge in [-0.25, -0.2) is 4.39 Å². The van der Waals surface area contributed by atoms with E-state index >= 15 is 0 Å². The Bertz CT molecular complexity index is 543. The second kappa shape index (κ2) is 5.58. The highest BCUT2D eigenvalue weighted by molar-refractivity contribution is 5.96. The van der Waals surface area contributed by atoms with Crippen LogP contribution >= 0.6 is 0 Å². The maximum Gasteiger partial charge on any atom is 0.166 e. The summed E-state index contributed by atoms with van der Waals surface area (Å²) in [4.78, 5) is 11.9. The first-order chi connectivity index (χ1) is 8.66. The molecule has 0 fully saturated rings. The molecule has 0 spiro atoms. The minimum atomic E-state index is -0.439. The first-order valence-electron chi connectivity index (χ1n) is 6.00. The molecule has 2 aromatic rings. The van der Waals surface area contributed by atoms with Crippen molar-refractivity contribution in [1.29, 1.82) is 0 Å². The van der Waals surface area contributed by atoms with Crippen LogP contribution in [0.2, 0.25) is 0 Å². The zero-order valence-corrected chi connectivity index (χ0v) is 10.3. The van der Waals surface area contributed by atoms with Crippen LogP contribution in [0.5, 0.6) is 0 Å². The van der Waals surface area contributed by atoms with Gasteiger partial charge in [0.1, 0.15) is 5.82 Å². The zero-order valence-electron chi connectivity index (χ0n) is 10.3. The number of hydrogen-bond acceptors (Lipinski definition) is 1.